The highest BCUT2D eigenvalue weighted by Crippen LogP contribution is 2.21. The Morgan fingerprint density at radius 3 is 2.84 bits per heavy atom. The smallest absolute Gasteiger partial charge is 0.347 e. The van der Waals surface area contributed by atoms with Crippen LogP contribution in [-0.4, -0.2) is 50.2 Å². The van der Waals surface area contributed by atoms with E-state index in [-0.39, 0.29) is 6.03 Å². The number of fused-ring (bicyclic) bond motifs is 1. The summed E-state index contributed by atoms with van der Waals surface area (Å²) in [4.78, 5) is 16.6. The minimum Gasteiger partial charge on any atom is -0.352 e. The van der Waals surface area contributed by atoms with Crippen molar-refractivity contribution in [2.45, 2.75) is 0 Å². The van der Waals surface area contributed by atoms with Gasteiger partial charge in [0.15, 0.2) is 0 Å². The summed E-state index contributed by atoms with van der Waals surface area (Å²) in [6.45, 7) is 0. The number of carbonyl (C=O) groups excluding carboxylic acids is 1. The Morgan fingerprint density at radius 1 is 1.32 bits per heavy atom. The molecule has 0 aliphatic rings. The average molecular weight is 256 g/mol. The molecule has 96 valence electrons. The van der Waals surface area contributed by atoms with Crippen LogP contribution in [0, 0.1) is 0 Å². The molecule has 2 aromatic heterocycles. The van der Waals surface area contributed by atoms with E-state index in [0.29, 0.717) is 11.5 Å². The summed E-state index contributed by atoms with van der Waals surface area (Å²) in [6, 6.07) is 9.46. The molecule has 2 heterocycles. The molecule has 0 saturated carbocycles. The first-order valence-corrected chi connectivity index (χ1v) is 5.75. The van der Waals surface area contributed by atoms with E-state index in [0.717, 1.165) is 10.9 Å². The number of tetrazole rings is 1. The molecule has 0 atom stereocenters. The van der Waals surface area contributed by atoms with Crippen molar-refractivity contribution in [2.24, 2.45) is 0 Å². The summed E-state index contributed by atoms with van der Waals surface area (Å²) in [5, 5.41) is 12.2. The Bertz CT molecular complexity index is 708. The lowest BCUT2D eigenvalue weighted by Crippen LogP contribution is -2.28. The van der Waals surface area contributed by atoms with E-state index in [4.69, 9.17) is 0 Å². The predicted molar refractivity (Wildman–Crippen MR) is 69.6 cm³/mol. The third-order valence-corrected chi connectivity index (χ3v) is 2.80. The Kier molecular flexibility index (Phi) is 2.52. The van der Waals surface area contributed by atoms with Gasteiger partial charge in [-0.3, -0.25) is 0 Å². The first kappa shape index (κ1) is 11.4. The van der Waals surface area contributed by atoms with E-state index in [1.807, 2.05) is 30.3 Å². The van der Waals surface area contributed by atoms with Crippen molar-refractivity contribution in [1.29, 1.82) is 0 Å². The molecule has 0 aliphatic carbocycles. The van der Waals surface area contributed by atoms with Gasteiger partial charge in [-0.1, -0.05) is 18.2 Å². The van der Waals surface area contributed by atoms with Crippen LogP contribution >= 0.6 is 0 Å². The number of hydrogen-bond acceptors (Lipinski definition) is 4. The SMILES string of the molecule is CN(C)C(=O)n1nnnc1-c1cc2ccccc2[nH]1. The van der Waals surface area contributed by atoms with Crippen molar-refractivity contribution in [2.75, 3.05) is 14.1 Å². The number of nitrogens with one attached hydrogen (secondary N) is 1. The number of benzene rings is 1. The number of rotatable bonds is 1. The van der Waals surface area contributed by atoms with Crippen LogP contribution in [0.2, 0.25) is 0 Å². The highest BCUT2D eigenvalue weighted by molar-refractivity contribution is 5.86. The largest absolute Gasteiger partial charge is 0.352 e. The second-order valence-electron chi connectivity index (χ2n) is 4.36. The molecule has 1 amide bonds. The van der Waals surface area contributed by atoms with E-state index in [1.165, 1.54) is 9.58 Å². The molecule has 0 radical (unpaired) electrons. The van der Waals surface area contributed by atoms with E-state index in [2.05, 4.69) is 20.5 Å². The van der Waals surface area contributed by atoms with Crippen molar-refractivity contribution < 1.29 is 4.79 Å². The molecule has 3 aromatic rings. The molecule has 3 rings (SSSR count). The number of hydrogen-bond donors (Lipinski definition) is 1. The third kappa shape index (κ3) is 1.85. The quantitative estimate of drug-likeness (QED) is 0.666. The zero-order valence-corrected chi connectivity index (χ0v) is 10.5. The molecule has 7 nitrogen and oxygen atoms in total. The lowest BCUT2D eigenvalue weighted by molar-refractivity contribution is 0.215. The monoisotopic (exact) mass is 256 g/mol. The van der Waals surface area contributed by atoms with Gasteiger partial charge < -0.3 is 9.88 Å². The molecule has 19 heavy (non-hydrogen) atoms. The number of carbonyl (C=O) groups is 1. The van der Waals surface area contributed by atoms with E-state index in [1.54, 1.807) is 14.1 Å². The lowest BCUT2D eigenvalue weighted by atomic mass is 10.2. The van der Waals surface area contributed by atoms with Gasteiger partial charge in [-0.25, -0.2) is 4.79 Å². The van der Waals surface area contributed by atoms with E-state index >= 15 is 0 Å². The van der Waals surface area contributed by atoms with Gasteiger partial charge >= 0.3 is 6.03 Å². The fraction of sp³-hybridized carbons (Fsp3) is 0.167. The summed E-state index contributed by atoms with van der Waals surface area (Å²) < 4.78 is 1.17. The number of amides is 1. The van der Waals surface area contributed by atoms with Gasteiger partial charge in [-0.05, 0) is 22.6 Å². The lowest BCUT2D eigenvalue weighted by Gasteiger charge is -2.09. The molecule has 0 bridgehead atoms. The van der Waals surface area contributed by atoms with Crippen LogP contribution in [0.3, 0.4) is 0 Å². The molecular formula is C12H12N6O. The molecule has 0 aliphatic heterocycles. The third-order valence-electron chi connectivity index (χ3n) is 2.80. The minimum absolute atomic E-state index is 0.293. The van der Waals surface area contributed by atoms with Gasteiger partial charge in [0.05, 0.1) is 5.69 Å². The fourth-order valence-electron chi connectivity index (χ4n) is 1.87. The number of aromatic amines is 1. The first-order chi connectivity index (χ1) is 9.16. The maximum atomic E-state index is 11.9. The Hall–Kier alpha value is -2.70. The number of para-hydroxylation sites is 1. The maximum absolute atomic E-state index is 11.9. The normalized spacial score (nSPS) is 10.8. The zero-order chi connectivity index (χ0) is 13.4. The fourth-order valence-corrected chi connectivity index (χ4v) is 1.87. The van der Waals surface area contributed by atoms with Crippen LogP contribution in [-0.2, 0) is 0 Å². The van der Waals surface area contributed by atoms with Crippen LogP contribution < -0.4 is 0 Å². The van der Waals surface area contributed by atoms with Crippen LogP contribution in [0.5, 0.6) is 0 Å². The highest BCUT2D eigenvalue weighted by Gasteiger charge is 2.18. The number of nitrogens with zero attached hydrogens (tertiary/aromatic N) is 5. The van der Waals surface area contributed by atoms with E-state index < -0.39 is 0 Å². The molecule has 0 fully saturated rings. The van der Waals surface area contributed by atoms with Crippen LogP contribution in [0.4, 0.5) is 4.79 Å². The van der Waals surface area contributed by atoms with Gasteiger partial charge in [-0.15, -0.1) is 9.78 Å². The van der Waals surface area contributed by atoms with Gasteiger partial charge in [0, 0.05) is 25.0 Å². The standard InChI is InChI=1S/C12H12N6O/c1-17(2)12(19)18-11(14-15-16-18)10-7-8-5-3-4-6-9(8)13-10/h3-7,13H,1-2H3. The van der Waals surface area contributed by atoms with Crippen molar-refractivity contribution in [3.63, 3.8) is 0 Å². The minimum atomic E-state index is -0.293. The number of H-pyrrole nitrogens is 1. The van der Waals surface area contributed by atoms with Gasteiger partial charge in [-0.2, -0.15) is 0 Å². The van der Waals surface area contributed by atoms with Crippen LogP contribution in [0.25, 0.3) is 22.4 Å². The Morgan fingerprint density at radius 2 is 2.11 bits per heavy atom. The van der Waals surface area contributed by atoms with Crippen LogP contribution in [0.15, 0.2) is 30.3 Å². The summed E-state index contributed by atoms with van der Waals surface area (Å²) in [6.07, 6.45) is 0. The maximum Gasteiger partial charge on any atom is 0.347 e. The van der Waals surface area contributed by atoms with Crippen molar-refractivity contribution >= 4 is 16.9 Å². The molecule has 7 heteroatoms. The first-order valence-electron chi connectivity index (χ1n) is 5.75. The number of aromatic nitrogens is 5. The second-order valence-corrected chi connectivity index (χ2v) is 4.36. The molecule has 0 spiro atoms. The molecular weight excluding hydrogens is 244 g/mol. The highest BCUT2D eigenvalue weighted by atomic mass is 16.2. The van der Waals surface area contributed by atoms with Gasteiger partial charge in [0.2, 0.25) is 5.82 Å². The van der Waals surface area contributed by atoms with Gasteiger partial charge in [0.25, 0.3) is 0 Å². The molecule has 0 unspecified atom stereocenters. The Balaban J connectivity index is 2.12. The summed E-state index contributed by atoms with van der Waals surface area (Å²) in [5.41, 5.74) is 1.69. The van der Waals surface area contributed by atoms with Gasteiger partial charge in [0.1, 0.15) is 0 Å². The van der Waals surface area contributed by atoms with Crippen molar-refractivity contribution in [1.82, 2.24) is 30.1 Å². The van der Waals surface area contributed by atoms with Crippen LogP contribution in [0.1, 0.15) is 0 Å². The van der Waals surface area contributed by atoms with Crippen molar-refractivity contribution in [3.05, 3.63) is 30.3 Å². The Labute approximate surface area is 108 Å². The predicted octanol–water partition coefficient (Wildman–Crippen LogP) is 1.35. The average Bonchev–Trinajstić information content (AvgIpc) is 3.03. The summed E-state index contributed by atoms with van der Waals surface area (Å²) >= 11 is 0. The zero-order valence-electron chi connectivity index (χ0n) is 10.5. The molecule has 0 saturated heterocycles. The summed E-state index contributed by atoms with van der Waals surface area (Å²) in [7, 11) is 3.30. The van der Waals surface area contributed by atoms with E-state index in [9.17, 15) is 4.79 Å². The topological polar surface area (TPSA) is 79.7 Å². The molecule has 1 aromatic carbocycles. The second kappa shape index (κ2) is 4.20. The summed E-state index contributed by atoms with van der Waals surface area (Å²) in [5.74, 6) is 0.398. The molecule has 1 N–H and O–H groups in total. The van der Waals surface area contributed by atoms with Crippen molar-refractivity contribution in [3.8, 4) is 11.5 Å².